The highest BCUT2D eigenvalue weighted by atomic mass is 127. The molecule has 3 aromatic carbocycles. The third kappa shape index (κ3) is 5.18. The molecule has 0 saturated carbocycles. The van der Waals surface area contributed by atoms with Gasteiger partial charge in [-0.05, 0) is 84.0 Å². The van der Waals surface area contributed by atoms with Gasteiger partial charge in [-0.15, -0.1) is 11.8 Å². The Labute approximate surface area is 211 Å². The molecular formula is C25H23ClINO3S. The van der Waals surface area contributed by atoms with Crippen LogP contribution in [0.2, 0.25) is 5.02 Å². The van der Waals surface area contributed by atoms with Crippen molar-refractivity contribution in [2.45, 2.75) is 25.8 Å². The highest BCUT2D eigenvalue weighted by molar-refractivity contribution is 14.1. The largest absolute Gasteiger partial charge is 0.490 e. The molecule has 0 spiro atoms. The predicted octanol–water partition coefficient (Wildman–Crippen LogP) is 7.01. The Kier molecular flexibility index (Phi) is 7.53. The van der Waals surface area contributed by atoms with Crippen molar-refractivity contribution in [3.8, 4) is 11.5 Å². The standard InChI is InChI=1S/C25H23ClINO3S/c1-3-30-22-13-18(12-21(27)24(22)31-14-17-6-4-16(2)5-7-17)25-28(23(29)15-32-25)20-10-8-19(26)9-11-20/h4-13,25H,3,14-15H2,1-2H3/t25-/m0/s1. The summed E-state index contributed by atoms with van der Waals surface area (Å²) in [4.78, 5) is 14.5. The molecule has 1 heterocycles. The lowest BCUT2D eigenvalue weighted by molar-refractivity contribution is -0.115. The number of ether oxygens (including phenoxy) is 2. The topological polar surface area (TPSA) is 38.8 Å². The molecule has 166 valence electrons. The van der Waals surface area contributed by atoms with E-state index in [1.54, 1.807) is 11.8 Å². The van der Waals surface area contributed by atoms with Gasteiger partial charge in [0.25, 0.3) is 0 Å². The quantitative estimate of drug-likeness (QED) is 0.282. The van der Waals surface area contributed by atoms with Crippen molar-refractivity contribution in [1.82, 2.24) is 0 Å². The zero-order valence-corrected chi connectivity index (χ0v) is 21.5. The van der Waals surface area contributed by atoms with Crippen LogP contribution in [-0.2, 0) is 11.4 Å². The molecule has 4 nitrogen and oxygen atoms in total. The Bertz CT molecular complexity index is 1110. The van der Waals surface area contributed by atoms with Gasteiger partial charge in [-0.25, -0.2) is 0 Å². The summed E-state index contributed by atoms with van der Waals surface area (Å²) in [7, 11) is 0. The van der Waals surface area contributed by atoms with Crippen LogP contribution in [0, 0.1) is 10.5 Å². The molecular weight excluding hydrogens is 557 g/mol. The first-order valence-corrected chi connectivity index (χ1v) is 12.8. The van der Waals surface area contributed by atoms with Crippen molar-refractivity contribution in [2.75, 3.05) is 17.3 Å². The molecule has 32 heavy (non-hydrogen) atoms. The first-order valence-electron chi connectivity index (χ1n) is 10.3. The SMILES string of the molecule is CCOc1cc([C@@H]2SCC(=O)N2c2ccc(Cl)cc2)cc(I)c1OCc1ccc(C)cc1. The number of benzene rings is 3. The average Bonchev–Trinajstić information content (AvgIpc) is 3.16. The summed E-state index contributed by atoms with van der Waals surface area (Å²) < 4.78 is 13.1. The number of carbonyl (C=O) groups is 1. The van der Waals surface area contributed by atoms with Gasteiger partial charge in [-0.2, -0.15) is 0 Å². The van der Waals surface area contributed by atoms with Gasteiger partial charge in [0, 0.05) is 10.7 Å². The fourth-order valence-electron chi connectivity index (χ4n) is 3.52. The summed E-state index contributed by atoms with van der Waals surface area (Å²) in [5.74, 6) is 1.93. The van der Waals surface area contributed by atoms with Crippen LogP contribution in [0.15, 0.2) is 60.7 Å². The fourth-order valence-corrected chi connectivity index (χ4v) is 5.59. The number of halogens is 2. The van der Waals surface area contributed by atoms with Gasteiger partial charge < -0.3 is 9.47 Å². The van der Waals surface area contributed by atoms with E-state index < -0.39 is 0 Å². The number of hydrogen-bond acceptors (Lipinski definition) is 4. The van der Waals surface area contributed by atoms with Gasteiger partial charge in [0.2, 0.25) is 5.91 Å². The molecule has 0 aliphatic carbocycles. The van der Waals surface area contributed by atoms with Gasteiger partial charge in [-0.3, -0.25) is 9.69 Å². The Morgan fingerprint density at radius 1 is 1.09 bits per heavy atom. The Morgan fingerprint density at radius 2 is 1.81 bits per heavy atom. The van der Waals surface area contributed by atoms with E-state index in [4.69, 9.17) is 21.1 Å². The molecule has 4 rings (SSSR count). The minimum Gasteiger partial charge on any atom is -0.490 e. The maximum atomic E-state index is 12.7. The van der Waals surface area contributed by atoms with Gasteiger partial charge in [0.1, 0.15) is 12.0 Å². The summed E-state index contributed by atoms with van der Waals surface area (Å²) >= 11 is 9.93. The molecule has 0 unspecified atom stereocenters. The van der Waals surface area contributed by atoms with Gasteiger partial charge >= 0.3 is 0 Å². The van der Waals surface area contributed by atoms with E-state index in [-0.39, 0.29) is 11.3 Å². The van der Waals surface area contributed by atoms with Crippen LogP contribution in [0.5, 0.6) is 11.5 Å². The van der Waals surface area contributed by atoms with Crippen LogP contribution < -0.4 is 14.4 Å². The molecule has 0 radical (unpaired) electrons. The molecule has 0 aromatic heterocycles. The van der Waals surface area contributed by atoms with Gasteiger partial charge in [0.05, 0.1) is 15.9 Å². The summed E-state index contributed by atoms with van der Waals surface area (Å²) in [6.07, 6.45) is 0. The smallest absolute Gasteiger partial charge is 0.238 e. The molecule has 1 fully saturated rings. The molecule has 7 heteroatoms. The molecule has 1 amide bonds. The Hall–Kier alpha value is -1.90. The number of nitrogens with zero attached hydrogens (tertiary/aromatic N) is 1. The minimum atomic E-state index is -0.137. The zero-order chi connectivity index (χ0) is 22.7. The second-order valence-electron chi connectivity index (χ2n) is 7.44. The molecule has 1 aliphatic rings. The van der Waals surface area contributed by atoms with E-state index in [1.807, 2.05) is 42.2 Å². The summed E-state index contributed by atoms with van der Waals surface area (Å²) in [5.41, 5.74) is 4.16. The molecule has 3 aromatic rings. The lowest BCUT2D eigenvalue weighted by Gasteiger charge is -2.25. The van der Waals surface area contributed by atoms with Crippen molar-refractivity contribution >= 4 is 57.5 Å². The van der Waals surface area contributed by atoms with E-state index >= 15 is 0 Å². The van der Waals surface area contributed by atoms with Crippen molar-refractivity contribution in [3.05, 3.63) is 85.9 Å². The summed E-state index contributed by atoms with van der Waals surface area (Å²) in [5, 5.41) is 0.510. The van der Waals surface area contributed by atoms with Crippen molar-refractivity contribution in [3.63, 3.8) is 0 Å². The third-order valence-corrected chi connectivity index (χ3v) is 7.36. The molecule has 0 bridgehead atoms. The maximum absolute atomic E-state index is 12.7. The van der Waals surface area contributed by atoms with Gasteiger partial charge in [-0.1, -0.05) is 41.4 Å². The normalized spacial score (nSPS) is 15.8. The number of thioether (sulfide) groups is 1. The van der Waals surface area contributed by atoms with Crippen LogP contribution >= 0.6 is 46.0 Å². The highest BCUT2D eigenvalue weighted by Gasteiger charge is 2.35. The van der Waals surface area contributed by atoms with Crippen LogP contribution in [-0.4, -0.2) is 18.3 Å². The van der Waals surface area contributed by atoms with Gasteiger partial charge in [0.15, 0.2) is 11.5 Å². The summed E-state index contributed by atoms with van der Waals surface area (Å²) in [6.45, 7) is 5.01. The predicted molar refractivity (Wildman–Crippen MR) is 140 cm³/mol. The zero-order valence-electron chi connectivity index (χ0n) is 17.8. The van der Waals surface area contributed by atoms with E-state index in [1.165, 1.54) is 5.56 Å². The van der Waals surface area contributed by atoms with Crippen molar-refractivity contribution < 1.29 is 14.3 Å². The minimum absolute atomic E-state index is 0.0787. The number of anilines is 1. The van der Waals surface area contributed by atoms with Crippen LogP contribution in [0.4, 0.5) is 5.69 Å². The van der Waals surface area contributed by atoms with Crippen molar-refractivity contribution in [1.29, 1.82) is 0 Å². The van der Waals surface area contributed by atoms with E-state index in [9.17, 15) is 4.79 Å². The maximum Gasteiger partial charge on any atom is 0.238 e. The van der Waals surface area contributed by atoms with Crippen LogP contribution in [0.3, 0.4) is 0 Å². The second kappa shape index (κ2) is 10.4. The van der Waals surface area contributed by atoms with Crippen LogP contribution in [0.25, 0.3) is 0 Å². The monoisotopic (exact) mass is 579 g/mol. The highest BCUT2D eigenvalue weighted by Crippen LogP contribution is 2.45. The van der Waals surface area contributed by atoms with E-state index in [0.29, 0.717) is 29.7 Å². The third-order valence-electron chi connectivity index (χ3n) is 5.09. The number of carbonyl (C=O) groups excluding carboxylic acids is 1. The van der Waals surface area contributed by atoms with E-state index in [0.717, 1.165) is 26.1 Å². The first kappa shape index (κ1) is 23.3. The second-order valence-corrected chi connectivity index (χ2v) is 10.1. The average molecular weight is 580 g/mol. The number of hydrogen-bond donors (Lipinski definition) is 0. The Morgan fingerprint density at radius 3 is 2.50 bits per heavy atom. The number of amides is 1. The fraction of sp³-hybridized carbons (Fsp3) is 0.240. The summed E-state index contributed by atoms with van der Waals surface area (Å²) in [6, 6.07) is 19.7. The molecule has 1 aliphatic heterocycles. The van der Waals surface area contributed by atoms with Crippen molar-refractivity contribution in [2.24, 2.45) is 0 Å². The molecule has 0 N–H and O–H groups in total. The molecule has 1 atom stereocenters. The van der Waals surface area contributed by atoms with E-state index in [2.05, 4.69) is 59.8 Å². The lowest BCUT2D eigenvalue weighted by atomic mass is 10.1. The van der Waals surface area contributed by atoms with Crippen LogP contribution in [0.1, 0.15) is 29.0 Å². The number of aryl methyl sites for hydroxylation is 1. The molecule has 1 saturated heterocycles. The number of rotatable bonds is 7. The lowest BCUT2D eigenvalue weighted by Crippen LogP contribution is -2.27. The Balaban J connectivity index is 1.63. The first-order chi connectivity index (χ1) is 15.5.